The molecule has 0 spiro atoms. The van der Waals surface area contributed by atoms with Crippen molar-refractivity contribution in [2.24, 2.45) is 0 Å². The van der Waals surface area contributed by atoms with E-state index in [9.17, 15) is 18.0 Å². The summed E-state index contributed by atoms with van der Waals surface area (Å²) in [4.78, 5) is 29.3. The molecule has 3 aromatic rings. The van der Waals surface area contributed by atoms with Crippen molar-refractivity contribution < 1.29 is 22.7 Å². The highest BCUT2D eigenvalue weighted by atomic mass is 35.5. The second-order valence-corrected chi connectivity index (χ2v) is 12.7. The number of hydrogen-bond acceptors (Lipinski definition) is 5. The van der Waals surface area contributed by atoms with E-state index in [1.807, 2.05) is 51.1 Å². The molecular formula is C31H37Cl2N3O5S. The maximum Gasteiger partial charge on any atom is 0.244 e. The van der Waals surface area contributed by atoms with Gasteiger partial charge in [0.25, 0.3) is 0 Å². The Labute approximate surface area is 258 Å². The Morgan fingerprint density at radius 3 is 2.17 bits per heavy atom. The molecule has 1 N–H and O–H groups in total. The monoisotopic (exact) mass is 633 g/mol. The van der Waals surface area contributed by atoms with Crippen LogP contribution >= 0.6 is 23.2 Å². The molecule has 2 amide bonds. The van der Waals surface area contributed by atoms with Gasteiger partial charge in [0, 0.05) is 19.0 Å². The number of carbonyl (C=O) groups excluding carboxylic acids is 2. The molecule has 2 atom stereocenters. The van der Waals surface area contributed by atoms with E-state index >= 15 is 0 Å². The molecule has 3 aromatic carbocycles. The van der Waals surface area contributed by atoms with E-state index < -0.39 is 28.5 Å². The second-order valence-electron chi connectivity index (χ2n) is 9.99. The summed E-state index contributed by atoms with van der Waals surface area (Å²) in [7, 11) is -3.88. The zero-order chi connectivity index (χ0) is 30.9. The third kappa shape index (κ3) is 9.37. The summed E-state index contributed by atoms with van der Waals surface area (Å²) in [6.45, 7) is 5.63. The number of hydrogen-bond donors (Lipinski definition) is 1. The molecule has 42 heavy (non-hydrogen) atoms. The minimum atomic E-state index is -3.88. The quantitative estimate of drug-likeness (QED) is 0.245. The summed E-state index contributed by atoms with van der Waals surface area (Å²) >= 11 is 12.4. The predicted molar refractivity (Wildman–Crippen MR) is 169 cm³/mol. The SMILES string of the molecule is CCOc1ccc(N(CC(=O)N(Cc2ccc(Cl)c(Cl)c2)[C@@H](Cc2ccccc2)C(=O)N[C@@H](C)CC)S(C)(=O)=O)cc1. The van der Waals surface area contributed by atoms with Gasteiger partial charge in [-0.1, -0.05) is 66.5 Å². The lowest BCUT2D eigenvalue weighted by atomic mass is 10.0. The molecule has 0 aliphatic rings. The van der Waals surface area contributed by atoms with Gasteiger partial charge in [-0.25, -0.2) is 8.42 Å². The van der Waals surface area contributed by atoms with E-state index in [1.165, 1.54) is 4.90 Å². The van der Waals surface area contributed by atoms with Crippen LogP contribution in [0.2, 0.25) is 10.0 Å². The minimum absolute atomic E-state index is 0.00201. The summed E-state index contributed by atoms with van der Waals surface area (Å²) in [5, 5.41) is 3.66. The van der Waals surface area contributed by atoms with E-state index in [1.54, 1.807) is 42.5 Å². The third-order valence-corrected chi connectivity index (χ3v) is 8.60. The fraction of sp³-hybridized carbons (Fsp3) is 0.355. The van der Waals surface area contributed by atoms with Gasteiger partial charge in [0.2, 0.25) is 21.8 Å². The number of amides is 2. The van der Waals surface area contributed by atoms with Gasteiger partial charge in [0.1, 0.15) is 18.3 Å². The summed E-state index contributed by atoms with van der Waals surface area (Å²) < 4.78 is 32.4. The van der Waals surface area contributed by atoms with Gasteiger partial charge >= 0.3 is 0 Å². The molecule has 0 radical (unpaired) electrons. The third-order valence-electron chi connectivity index (χ3n) is 6.72. The van der Waals surface area contributed by atoms with E-state index in [4.69, 9.17) is 27.9 Å². The highest BCUT2D eigenvalue weighted by Gasteiger charge is 2.33. The molecule has 0 aliphatic heterocycles. The largest absolute Gasteiger partial charge is 0.494 e. The van der Waals surface area contributed by atoms with Crippen molar-refractivity contribution in [3.8, 4) is 5.75 Å². The Balaban J connectivity index is 2.06. The predicted octanol–water partition coefficient (Wildman–Crippen LogP) is 5.71. The normalized spacial score (nSPS) is 12.7. The van der Waals surface area contributed by atoms with E-state index in [0.29, 0.717) is 40.1 Å². The number of nitrogens with zero attached hydrogens (tertiary/aromatic N) is 2. The molecule has 0 aliphatic carbocycles. The Kier molecular flexibility index (Phi) is 12.1. The van der Waals surface area contributed by atoms with Gasteiger partial charge in [0.05, 0.1) is 28.6 Å². The van der Waals surface area contributed by atoms with Crippen LogP contribution in [0.5, 0.6) is 5.75 Å². The smallest absolute Gasteiger partial charge is 0.244 e. The number of rotatable bonds is 14. The van der Waals surface area contributed by atoms with Crippen LogP contribution in [0.1, 0.15) is 38.3 Å². The summed E-state index contributed by atoms with van der Waals surface area (Å²) in [5.41, 5.74) is 1.78. The van der Waals surface area contributed by atoms with E-state index in [0.717, 1.165) is 16.1 Å². The van der Waals surface area contributed by atoms with Crippen molar-refractivity contribution in [3.05, 3.63) is 94.0 Å². The molecule has 0 unspecified atom stereocenters. The second kappa shape index (κ2) is 15.3. The molecule has 8 nitrogen and oxygen atoms in total. The Morgan fingerprint density at radius 1 is 0.929 bits per heavy atom. The molecule has 0 saturated heterocycles. The van der Waals surface area contributed by atoms with Crippen LogP contribution in [0.3, 0.4) is 0 Å². The maximum atomic E-state index is 14.1. The Hall–Kier alpha value is -3.27. The maximum absolute atomic E-state index is 14.1. The first-order valence-corrected chi connectivity index (χ1v) is 16.3. The molecule has 0 bridgehead atoms. The van der Waals surface area contributed by atoms with Gasteiger partial charge in [-0.2, -0.15) is 0 Å². The average molecular weight is 635 g/mol. The first kappa shape index (κ1) is 33.2. The van der Waals surface area contributed by atoms with Crippen LogP contribution < -0.4 is 14.4 Å². The van der Waals surface area contributed by atoms with Crippen molar-refractivity contribution >= 4 is 50.7 Å². The molecule has 0 fully saturated rings. The summed E-state index contributed by atoms with van der Waals surface area (Å²) in [5.74, 6) is -0.318. The molecule has 11 heteroatoms. The van der Waals surface area contributed by atoms with E-state index in [2.05, 4.69) is 5.32 Å². The zero-order valence-electron chi connectivity index (χ0n) is 24.2. The first-order chi connectivity index (χ1) is 19.9. The number of nitrogens with one attached hydrogen (secondary N) is 1. The van der Waals surface area contributed by atoms with Gasteiger partial charge in [-0.05, 0) is 67.8 Å². The lowest BCUT2D eigenvalue weighted by Gasteiger charge is -2.34. The fourth-order valence-corrected chi connectivity index (χ4v) is 5.49. The van der Waals surface area contributed by atoms with Crippen LogP contribution in [0.15, 0.2) is 72.8 Å². The van der Waals surface area contributed by atoms with E-state index in [-0.39, 0.29) is 24.9 Å². The highest BCUT2D eigenvalue weighted by molar-refractivity contribution is 7.92. The number of halogens is 2. The minimum Gasteiger partial charge on any atom is -0.494 e. The number of sulfonamides is 1. The molecule has 226 valence electrons. The number of carbonyl (C=O) groups is 2. The topological polar surface area (TPSA) is 96.0 Å². The zero-order valence-corrected chi connectivity index (χ0v) is 26.5. The van der Waals surface area contributed by atoms with Crippen LogP contribution in [0, 0.1) is 0 Å². The Bertz CT molecular complexity index is 1450. The van der Waals surface area contributed by atoms with Crippen LogP contribution in [0.4, 0.5) is 5.69 Å². The van der Waals surface area contributed by atoms with Gasteiger partial charge < -0.3 is 15.0 Å². The molecular weight excluding hydrogens is 597 g/mol. The highest BCUT2D eigenvalue weighted by Crippen LogP contribution is 2.26. The van der Waals surface area contributed by atoms with Gasteiger partial charge in [0.15, 0.2) is 0 Å². The first-order valence-electron chi connectivity index (χ1n) is 13.7. The van der Waals surface area contributed by atoms with Gasteiger partial charge in [-0.15, -0.1) is 0 Å². The summed E-state index contributed by atoms with van der Waals surface area (Å²) in [6, 6.07) is 19.7. The average Bonchev–Trinajstić information content (AvgIpc) is 2.95. The van der Waals surface area contributed by atoms with Crippen molar-refractivity contribution in [2.45, 2.75) is 52.2 Å². The van der Waals surface area contributed by atoms with Crippen molar-refractivity contribution in [1.29, 1.82) is 0 Å². The Morgan fingerprint density at radius 2 is 1.60 bits per heavy atom. The number of benzene rings is 3. The summed E-state index contributed by atoms with van der Waals surface area (Å²) in [6.07, 6.45) is 1.96. The molecule has 0 saturated carbocycles. The van der Waals surface area contributed by atoms with Crippen molar-refractivity contribution in [2.75, 3.05) is 23.7 Å². The fourth-order valence-electron chi connectivity index (χ4n) is 4.32. The lowest BCUT2D eigenvalue weighted by Crippen LogP contribution is -2.54. The standard InChI is InChI=1S/C31H37Cl2N3O5S/c1-5-22(3)34-31(38)29(19-23-10-8-7-9-11-23)35(20-24-12-17-27(32)28(33)18-24)30(37)21-36(42(4,39)40)25-13-15-26(16-14-25)41-6-2/h7-18,22,29H,5-6,19-21H2,1-4H3,(H,34,38)/t22-,29-/m0/s1. The number of anilines is 1. The molecule has 0 aromatic heterocycles. The van der Waals surface area contributed by atoms with Crippen LogP contribution in [-0.2, 0) is 32.6 Å². The lowest BCUT2D eigenvalue weighted by molar-refractivity contribution is -0.140. The van der Waals surface area contributed by atoms with Crippen LogP contribution in [0.25, 0.3) is 0 Å². The molecule has 3 rings (SSSR count). The van der Waals surface area contributed by atoms with Crippen molar-refractivity contribution in [1.82, 2.24) is 10.2 Å². The van der Waals surface area contributed by atoms with Crippen molar-refractivity contribution in [3.63, 3.8) is 0 Å². The number of ether oxygens (including phenoxy) is 1. The molecule has 0 heterocycles. The van der Waals surface area contributed by atoms with Gasteiger partial charge in [-0.3, -0.25) is 13.9 Å². The van der Waals surface area contributed by atoms with Crippen LogP contribution in [-0.4, -0.2) is 56.6 Å².